The van der Waals surface area contributed by atoms with Crippen molar-refractivity contribution in [2.75, 3.05) is 13.2 Å². The average molecular weight is 281 g/mol. The summed E-state index contributed by atoms with van der Waals surface area (Å²) in [4.78, 5) is 3.28. The monoisotopic (exact) mass is 281 g/mol. The minimum absolute atomic E-state index is 0.327. The van der Waals surface area contributed by atoms with E-state index in [-0.39, 0.29) is 0 Å². The largest absolute Gasteiger partial charge is 0.405 e. The number of aromatic nitrogens is 1. The van der Waals surface area contributed by atoms with Crippen LogP contribution in [0.15, 0.2) is 6.07 Å². The number of hydrogen-bond donors (Lipinski definition) is 1. The van der Waals surface area contributed by atoms with Crippen molar-refractivity contribution in [2.24, 2.45) is 0 Å². The van der Waals surface area contributed by atoms with Gasteiger partial charge in [-0.2, -0.15) is 0 Å². The molecule has 1 heterocycles. The number of nitrogens with one attached hydrogen (secondary N) is 1. The van der Waals surface area contributed by atoms with Crippen LogP contribution in [0, 0.1) is 11.6 Å². The van der Waals surface area contributed by atoms with Gasteiger partial charge in [0.25, 0.3) is 0 Å². The highest BCUT2D eigenvalue weighted by molar-refractivity contribution is 7.59. The van der Waals surface area contributed by atoms with Gasteiger partial charge in [0.15, 0.2) is 0 Å². The highest BCUT2D eigenvalue weighted by Crippen LogP contribution is 2.46. The molecule has 0 bridgehead atoms. The van der Waals surface area contributed by atoms with E-state index in [4.69, 9.17) is 9.05 Å². The molecule has 0 atom stereocenters. The number of H-pyrrole nitrogens is 1. The van der Waals surface area contributed by atoms with Crippen molar-refractivity contribution in [2.45, 2.75) is 39.5 Å². The van der Waals surface area contributed by atoms with Crippen LogP contribution in [-0.2, 0) is 26.5 Å². The molecule has 4 nitrogen and oxygen atoms in total. The average Bonchev–Trinajstić information content (AvgIpc) is 2.80. The minimum Gasteiger partial charge on any atom is -0.352 e. The van der Waals surface area contributed by atoms with E-state index in [0.717, 1.165) is 18.5 Å². The molecule has 5 heteroatoms. The second-order valence-corrected chi connectivity index (χ2v) is 6.20. The predicted molar refractivity (Wildman–Crippen MR) is 75.2 cm³/mol. The van der Waals surface area contributed by atoms with Crippen LogP contribution in [0.5, 0.6) is 0 Å². The molecule has 0 aromatic carbocycles. The highest BCUT2D eigenvalue weighted by atomic mass is 31.2. The van der Waals surface area contributed by atoms with Gasteiger partial charge in [0, 0.05) is 11.4 Å². The molecule has 1 aliphatic carbocycles. The van der Waals surface area contributed by atoms with E-state index < -0.39 is 7.60 Å². The lowest BCUT2D eigenvalue weighted by atomic mass is 9.98. The fourth-order valence-corrected chi connectivity index (χ4v) is 3.38. The Kier molecular flexibility index (Phi) is 4.87. The lowest BCUT2D eigenvalue weighted by Crippen LogP contribution is -1.99. The standard InChI is InChI=1S/C14H20NO3P/c1-3-17-19(16,18-4-2)10-9-13-11-12-7-5-6-8-14(12)15-13/h11,15H,3-8H2,1-2H3. The van der Waals surface area contributed by atoms with Crippen LogP contribution in [0.1, 0.15) is 43.6 Å². The second-order valence-electron chi connectivity index (χ2n) is 4.46. The molecule has 1 aliphatic rings. The molecule has 1 N–H and O–H groups in total. The van der Waals surface area contributed by atoms with Gasteiger partial charge >= 0.3 is 7.60 Å². The molecular weight excluding hydrogens is 261 g/mol. The van der Waals surface area contributed by atoms with Crippen molar-refractivity contribution >= 4 is 7.60 Å². The first-order valence-electron chi connectivity index (χ1n) is 6.80. The number of aryl methyl sites for hydroxylation is 2. The van der Waals surface area contributed by atoms with Crippen molar-refractivity contribution in [1.29, 1.82) is 0 Å². The lowest BCUT2D eigenvalue weighted by molar-refractivity contribution is 0.230. The Hall–Kier alpha value is -1.01. The third-order valence-electron chi connectivity index (χ3n) is 3.04. The molecule has 0 aliphatic heterocycles. The van der Waals surface area contributed by atoms with Gasteiger partial charge in [-0.25, -0.2) is 4.57 Å². The van der Waals surface area contributed by atoms with Crippen LogP contribution < -0.4 is 0 Å². The van der Waals surface area contributed by atoms with Crippen molar-refractivity contribution in [1.82, 2.24) is 4.98 Å². The van der Waals surface area contributed by atoms with Crippen molar-refractivity contribution in [3.8, 4) is 11.6 Å². The molecule has 0 spiro atoms. The third kappa shape index (κ3) is 3.73. The number of aromatic amines is 1. The van der Waals surface area contributed by atoms with Crippen LogP contribution in [0.3, 0.4) is 0 Å². The van der Waals surface area contributed by atoms with E-state index in [1.165, 1.54) is 24.1 Å². The zero-order valence-electron chi connectivity index (χ0n) is 11.5. The van der Waals surface area contributed by atoms with Gasteiger partial charge in [0.1, 0.15) is 0 Å². The Bertz CT molecular complexity index is 505. The Labute approximate surface area is 114 Å². The van der Waals surface area contributed by atoms with E-state index in [1.807, 2.05) is 6.07 Å². The SMILES string of the molecule is CCOP(=O)(C#Cc1cc2c([nH]1)CCCC2)OCC. The van der Waals surface area contributed by atoms with Gasteiger partial charge in [0.2, 0.25) is 0 Å². The van der Waals surface area contributed by atoms with Crippen molar-refractivity contribution < 1.29 is 13.6 Å². The second kappa shape index (κ2) is 6.43. The van der Waals surface area contributed by atoms with E-state index in [1.54, 1.807) is 13.8 Å². The third-order valence-corrected chi connectivity index (χ3v) is 4.62. The maximum Gasteiger partial charge on any atom is 0.405 e. The summed E-state index contributed by atoms with van der Waals surface area (Å²) in [5.41, 5.74) is 6.04. The van der Waals surface area contributed by atoms with Crippen LogP contribution in [0.2, 0.25) is 0 Å². The predicted octanol–water partition coefficient (Wildman–Crippen LogP) is 3.47. The van der Waals surface area contributed by atoms with Gasteiger partial charge < -0.3 is 4.98 Å². The van der Waals surface area contributed by atoms with Crippen molar-refractivity contribution in [3.05, 3.63) is 23.0 Å². The molecule has 0 saturated heterocycles. The molecule has 0 fully saturated rings. The Morgan fingerprint density at radius 3 is 2.58 bits per heavy atom. The van der Waals surface area contributed by atoms with E-state index in [2.05, 4.69) is 16.6 Å². The summed E-state index contributed by atoms with van der Waals surface area (Å²) in [6.07, 6.45) is 4.62. The summed E-state index contributed by atoms with van der Waals surface area (Å²) in [5.74, 6) is 2.89. The molecule has 0 radical (unpaired) electrons. The summed E-state index contributed by atoms with van der Waals surface area (Å²) < 4.78 is 22.5. The fraction of sp³-hybridized carbons (Fsp3) is 0.571. The van der Waals surface area contributed by atoms with E-state index in [0.29, 0.717) is 13.2 Å². The molecule has 0 amide bonds. The normalized spacial score (nSPS) is 14.6. The van der Waals surface area contributed by atoms with Crippen molar-refractivity contribution in [3.63, 3.8) is 0 Å². The molecule has 2 rings (SSSR count). The fourth-order valence-electron chi connectivity index (χ4n) is 2.24. The van der Waals surface area contributed by atoms with Gasteiger partial charge in [-0.3, -0.25) is 9.05 Å². The number of rotatable bonds is 4. The summed E-state index contributed by atoms with van der Waals surface area (Å²) in [5, 5.41) is 0. The Morgan fingerprint density at radius 1 is 1.26 bits per heavy atom. The molecule has 1 aromatic heterocycles. The van der Waals surface area contributed by atoms with Crippen LogP contribution in [0.4, 0.5) is 0 Å². The number of fused-ring (bicyclic) bond motifs is 1. The zero-order chi connectivity index (χ0) is 13.7. The first-order valence-corrected chi connectivity index (χ1v) is 8.34. The van der Waals surface area contributed by atoms with Crippen LogP contribution in [0.25, 0.3) is 0 Å². The topological polar surface area (TPSA) is 51.3 Å². The molecule has 0 unspecified atom stereocenters. The molecule has 0 saturated carbocycles. The minimum atomic E-state index is -3.27. The molecular formula is C14H20NO3P. The molecule has 19 heavy (non-hydrogen) atoms. The van der Waals surface area contributed by atoms with Gasteiger partial charge in [0.05, 0.1) is 18.9 Å². The van der Waals surface area contributed by atoms with E-state index >= 15 is 0 Å². The zero-order valence-corrected chi connectivity index (χ0v) is 12.4. The van der Waals surface area contributed by atoms with Gasteiger partial charge in [-0.05, 0) is 57.1 Å². The first-order chi connectivity index (χ1) is 9.17. The lowest BCUT2D eigenvalue weighted by Gasteiger charge is -2.09. The molecule has 104 valence electrons. The summed E-state index contributed by atoms with van der Waals surface area (Å²) in [6, 6.07) is 2.05. The number of hydrogen-bond acceptors (Lipinski definition) is 3. The molecule has 1 aromatic rings. The summed E-state index contributed by atoms with van der Waals surface area (Å²) >= 11 is 0. The van der Waals surface area contributed by atoms with Crippen LogP contribution >= 0.6 is 7.60 Å². The first kappa shape index (κ1) is 14.4. The highest BCUT2D eigenvalue weighted by Gasteiger charge is 2.20. The maximum atomic E-state index is 12.2. The maximum absolute atomic E-state index is 12.2. The quantitative estimate of drug-likeness (QED) is 0.679. The van der Waals surface area contributed by atoms with E-state index in [9.17, 15) is 4.57 Å². The smallest absolute Gasteiger partial charge is 0.352 e. The van der Waals surface area contributed by atoms with Gasteiger partial charge in [-0.15, -0.1) is 0 Å². The Balaban J connectivity index is 2.17. The summed E-state index contributed by atoms with van der Waals surface area (Å²) in [7, 11) is -3.27. The van der Waals surface area contributed by atoms with Crippen LogP contribution in [-0.4, -0.2) is 18.2 Å². The van der Waals surface area contributed by atoms with Gasteiger partial charge in [-0.1, -0.05) is 0 Å². The Morgan fingerprint density at radius 2 is 1.95 bits per heavy atom. The summed E-state index contributed by atoms with van der Waals surface area (Å²) in [6.45, 7) is 4.21.